The molecule has 1 aliphatic heterocycles. The van der Waals surface area contributed by atoms with Crippen molar-refractivity contribution in [2.75, 3.05) is 19.8 Å². The molecular formula is C13H18O4. The molecule has 0 saturated heterocycles. The highest BCUT2D eigenvalue weighted by molar-refractivity contribution is 5.44. The Morgan fingerprint density at radius 1 is 1.12 bits per heavy atom. The molecule has 0 saturated carbocycles. The lowest BCUT2D eigenvalue weighted by Crippen LogP contribution is -2.15. The van der Waals surface area contributed by atoms with Crippen LogP contribution >= 0.6 is 0 Å². The summed E-state index contributed by atoms with van der Waals surface area (Å²) in [6.07, 6.45) is 1.69. The lowest BCUT2D eigenvalue weighted by molar-refractivity contribution is 0.154. The Labute approximate surface area is 101 Å². The second-order valence-electron chi connectivity index (χ2n) is 4.14. The molecule has 17 heavy (non-hydrogen) atoms. The van der Waals surface area contributed by atoms with Gasteiger partial charge >= 0.3 is 0 Å². The molecule has 1 aromatic rings. The van der Waals surface area contributed by atoms with Crippen molar-refractivity contribution in [1.82, 2.24) is 0 Å². The van der Waals surface area contributed by atoms with Gasteiger partial charge in [-0.2, -0.15) is 0 Å². The molecule has 1 unspecified atom stereocenters. The average molecular weight is 238 g/mol. The topological polar surface area (TPSA) is 58.9 Å². The second kappa shape index (κ2) is 5.89. The first-order valence-electron chi connectivity index (χ1n) is 5.99. The predicted molar refractivity (Wildman–Crippen MR) is 63.3 cm³/mol. The minimum absolute atomic E-state index is 0.174. The van der Waals surface area contributed by atoms with Gasteiger partial charge in [0.1, 0.15) is 13.2 Å². The first-order chi connectivity index (χ1) is 8.31. The van der Waals surface area contributed by atoms with Crippen molar-refractivity contribution in [3.05, 3.63) is 23.8 Å². The fourth-order valence-corrected chi connectivity index (χ4v) is 1.88. The molecule has 1 atom stereocenters. The van der Waals surface area contributed by atoms with Gasteiger partial charge in [0.05, 0.1) is 6.10 Å². The van der Waals surface area contributed by atoms with Gasteiger partial charge in [-0.1, -0.05) is 6.07 Å². The molecule has 1 aliphatic rings. The average Bonchev–Trinajstić information content (AvgIpc) is 2.38. The number of hydrogen-bond donors (Lipinski definition) is 2. The van der Waals surface area contributed by atoms with Crippen molar-refractivity contribution in [1.29, 1.82) is 0 Å². The molecule has 0 fully saturated rings. The van der Waals surface area contributed by atoms with Crippen LogP contribution in [0.3, 0.4) is 0 Å². The third-order valence-electron chi connectivity index (χ3n) is 2.84. The number of aliphatic hydroxyl groups is 2. The zero-order valence-corrected chi connectivity index (χ0v) is 9.76. The zero-order valence-electron chi connectivity index (χ0n) is 9.76. The number of hydrogen-bond acceptors (Lipinski definition) is 4. The van der Waals surface area contributed by atoms with Crippen LogP contribution in [0.4, 0.5) is 0 Å². The van der Waals surface area contributed by atoms with Gasteiger partial charge in [-0.25, -0.2) is 0 Å². The van der Waals surface area contributed by atoms with Crippen LogP contribution < -0.4 is 9.47 Å². The van der Waals surface area contributed by atoms with Gasteiger partial charge in [0.25, 0.3) is 0 Å². The first-order valence-corrected chi connectivity index (χ1v) is 5.99. The van der Waals surface area contributed by atoms with E-state index in [0.717, 1.165) is 24.2 Å². The Bertz CT molecular complexity index is 364. The highest BCUT2D eigenvalue weighted by Gasteiger charge is 2.15. The molecule has 0 aliphatic carbocycles. The highest BCUT2D eigenvalue weighted by Crippen LogP contribution is 2.33. The van der Waals surface area contributed by atoms with E-state index in [2.05, 4.69) is 0 Å². The van der Waals surface area contributed by atoms with E-state index in [1.54, 1.807) is 0 Å². The normalized spacial score (nSPS) is 15.6. The molecule has 94 valence electrons. The summed E-state index contributed by atoms with van der Waals surface area (Å²) < 4.78 is 10.9. The third kappa shape index (κ3) is 3.11. The molecule has 1 heterocycles. The summed E-state index contributed by atoms with van der Waals surface area (Å²) in [5.41, 5.74) is 0.840. The van der Waals surface area contributed by atoms with E-state index >= 15 is 0 Å². The van der Waals surface area contributed by atoms with E-state index in [-0.39, 0.29) is 6.61 Å². The summed E-state index contributed by atoms with van der Waals surface area (Å²) in [5.74, 6) is 1.44. The zero-order chi connectivity index (χ0) is 12.1. The highest BCUT2D eigenvalue weighted by atomic mass is 16.6. The summed E-state index contributed by atoms with van der Waals surface area (Å²) in [6.45, 7) is 1.30. The first kappa shape index (κ1) is 12.2. The van der Waals surface area contributed by atoms with Crippen LogP contribution in [0, 0.1) is 0 Å². The van der Waals surface area contributed by atoms with Gasteiger partial charge in [0.15, 0.2) is 11.5 Å². The smallest absolute Gasteiger partial charge is 0.161 e. The Kier molecular flexibility index (Phi) is 4.23. The Morgan fingerprint density at radius 2 is 1.88 bits per heavy atom. The molecule has 0 spiro atoms. The summed E-state index contributed by atoms with van der Waals surface area (Å²) >= 11 is 0. The van der Waals surface area contributed by atoms with Gasteiger partial charge in [-0.05, 0) is 37.0 Å². The van der Waals surface area contributed by atoms with Gasteiger partial charge in [0.2, 0.25) is 0 Å². The lowest BCUT2D eigenvalue weighted by atomic mass is 10.0. The predicted octanol–water partition coefficient (Wildman–Crippen LogP) is 1.65. The number of fused-ring (bicyclic) bond motifs is 1. The van der Waals surface area contributed by atoms with Crippen molar-refractivity contribution in [2.24, 2.45) is 0 Å². The molecule has 0 amide bonds. The minimum Gasteiger partial charge on any atom is -0.486 e. The largest absolute Gasteiger partial charge is 0.486 e. The summed E-state index contributed by atoms with van der Waals surface area (Å²) in [4.78, 5) is 0. The molecule has 0 radical (unpaired) electrons. The molecule has 0 bridgehead atoms. The van der Waals surface area contributed by atoms with Crippen LogP contribution in [-0.4, -0.2) is 30.0 Å². The maximum atomic E-state index is 9.97. The van der Waals surface area contributed by atoms with Gasteiger partial charge in [-0.3, -0.25) is 0 Å². The Balaban J connectivity index is 2.00. The molecule has 4 nitrogen and oxygen atoms in total. The maximum Gasteiger partial charge on any atom is 0.161 e. The van der Waals surface area contributed by atoms with E-state index in [4.69, 9.17) is 14.6 Å². The second-order valence-corrected chi connectivity index (χ2v) is 4.14. The number of ether oxygens (including phenoxy) is 2. The minimum atomic E-state index is -0.502. The molecule has 2 N–H and O–H groups in total. The molecular weight excluding hydrogens is 220 g/mol. The van der Waals surface area contributed by atoms with Gasteiger partial charge < -0.3 is 19.7 Å². The summed E-state index contributed by atoms with van der Waals surface area (Å²) in [6, 6.07) is 5.52. The van der Waals surface area contributed by atoms with Crippen molar-refractivity contribution in [3.8, 4) is 11.5 Å². The van der Waals surface area contributed by atoms with Crippen LogP contribution in [0.1, 0.15) is 30.9 Å². The van der Waals surface area contributed by atoms with Crippen LogP contribution in [0.5, 0.6) is 11.5 Å². The summed E-state index contributed by atoms with van der Waals surface area (Å²) in [5, 5.41) is 18.7. The molecule has 1 aromatic carbocycles. The summed E-state index contributed by atoms with van der Waals surface area (Å²) in [7, 11) is 0. The van der Waals surface area contributed by atoms with E-state index in [1.165, 1.54) is 0 Å². The standard InChI is InChI=1S/C13H18O4/c14-6-2-1-3-11(15)10-4-5-12-13(9-10)17-8-7-16-12/h4-5,9,11,14-15H,1-3,6-8H2. The van der Waals surface area contributed by atoms with Crippen LogP contribution in [-0.2, 0) is 0 Å². The fraction of sp³-hybridized carbons (Fsp3) is 0.538. The number of rotatable bonds is 5. The van der Waals surface area contributed by atoms with Crippen LogP contribution in [0.25, 0.3) is 0 Å². The van der Waals surface area contributed by atoms with E-state index in [0.29, 0.717) is 25.4 Å². The van der Waals surface area contributed by atoms with E-state index in [1.807, 2.05) is 18.2 Å². The Hall–Kier alpha value is -1.26. The van der Waals surface area contributed by atoms with Crippen molar-refractivity contribution < 1.29 is 19.7 Å². The van der Waals surface area contributed by atoms with Crippen molar-refractivity contribution in [3.63, 3.8) is 0 Å². The van der Waals surface area contributed by atoms with Crippen LogP contribution in [0.2, 0.25) is 0 Å². The number of aliphatic hydroxyl groups excluding tert-OH is 2. The third-order valence-corrected chi connectivity index (χ3v) is 2.84. The molecule has 0 aromatic heterocycles. The SMILES string of the molecule is OCCCCC(O)c1ccc2c(c1)OCCO2. The monoisotopic (exact) mass is 238 g/mol. The van der Waals surface area contributed by atoms with Crippen LogP contribution in [0.15, 0.2) is 18.2 Å². The van der Waals surface area contributed by atoms with E-state index < -0.39 is 6.10 Å². The van der Waals surface area contributed by atoms with Crippen molar-refractivity contribution in [2.45, 2.75) is 25.4 Å². The van der Waals surface area contributed by atoms with Gasteiger partial charge in [0, 0.05) is 6.61 Å². The molecule has 4 heteroatoms. The van der Waals surface area contributed by atoms with E-state index in [9.17, 15) is 5.11 Å². The van der Waals surface area contributed by atoms with Crippen molar-refractivity contribution >= 4 is 0 Å². The number of unbranched alkanes of at least 4 members (excludes halogenated alkanes) is 1. The Morgan fingerprint density at radius 3 is 2.65 bits per heavy atom. The molecule has 2 rings (SSSR count). The maximum absolute atomic E-state index is 9.97. The lowest BCUT2D eigenvalue weighted by Gasteiger charge is -2.20. The fourth-order valence-electron chi connectivity index (χ4n) is 1.88. The number of benzene rings is 1. The van der Waals surface area contributed by atoms with Gasteiger partial charge in [-0.15, -0.1) is 0 Å². The quantitative estimate of drug-likeness (QED) is 0.766.